The second-order valence-corrected chi connectivity index (χ2v) is 6.36. The number of carbonyl (C=O) groups excluding carboxylic acids is 1. The van der Waals surface area contributed by atoms with Crippen molar-refractivity contribution in [2.75, 3.05) is 13.1 Å². The second-order valence-electron chi connectivity index (χ2n) is 4.99. The molecule has 0 spiro atoms. The summed E-state index contributed by atoms with van der Waals surface area (Å²) < 4.78 is 0. The van der Waals surface area contributed by atoms with Gasteiger partial charge in [0.25, 0.3) is 0 Å². The molecule has 0 saturated carbocycles. The number of nitrogens with zero attached hydrogens (tertiary/aromatic N) is 3. The van der Waals surface area contributed by atoms with Crippen molar-refractivity contribution < 1.29 is 4.79 Å². The molecule has 0 bridgehead atoms. The van der Waals surface area contributed by atoms with Crippen molar-refractivity contribution in [2.24, 2.45) is 0 Å². The molecule has 1 aliphatic rings. The molecule has 106 valence electrons. The maximum Gasteiger partial charge on any atom is 0.235 e. The highest BCUT2D eigenvalue weighted by molar-refractivity contribution is 8.00. The van der Waals surface area contributed by atoms with Gasteiger partial charge in [0.05, 0.1) is 21.9 Å². The summed E-state index contributed by atoms with van der Waals surface area (Å²) >= 11 is 1.43. The van der Waals surface area contributed by atoms with Gasteiger partial charge in [0.15, 0.2) is 0 Å². The van der Waals surface area contributed by atoms with Crippen LogP contribution in [0, 0.1) is 11.3 Å². The molecule has 0 unspecified atom stereocenters. The predicted octanol–water partition coefficient (Wildman–Crippen LogP) is 2.84. The summed E-state index contributed by atoms with van der Waals surface area (Å²) in [6, 6.07) is 5.50. The summed E-state index contributed by atoms with van der Waals surface area (Å²) in [5.74, 6) is 0.182. The van der Waals surface area contributed by atoms with Gasteiger partial charge in [0.1, 0.15) is 0 Å². The third-order valence-electron chi connectivity index (χ3n) is 3.43. The largest absolute Gasteiger partial charge is 0.342 e. The Labute approximate surface area is 124 Å². The Kier molecular flexibility index (Phi) is 5.42. The lowest BCUT2D eigenvalue weighted by molar-refractivity contribution is -0.130. The van der Waals surface area contributed by atoms with Crippen molar-refractivity contribution in [3.8, 4) is 6.07 Å². The van der Waals surface area contributed by atoms with Gasteiger partial charge in [-0.3, -0.25) is 4.79 Å². The van der Waals surface area contributed by atoms with E-state index in [1.165, 1.54) is 24.6 Å². The van der Waals surface area contributed by atoms with Crippen LogP contribution in [0.3, 0.4) is 0 Å². The van der Waals surface area contributed by atoms with Gasteiger partial charge in [-0.25, -0.2) is 4.98 Å². The Balaban J connectivity index is 1.97. The Bertz CT molecular complexity index is 504. The van der Waals surface area contributed by atoms with E-state index >= 15 is 0 Å². The molecule has 2 heterocycles. The predicted molar refractivity (Wildman–Crippen MR) is 79.3 cm³/mol. The SMILES string of the molecule is C[C@@H](Sc1cc(C#N)ccn1)C(=O)N1CCCCCC1. The summed E-state index contributed by atoms with van der Waals surface area (Å²) in [4.78, 5) is 18.6. The summed E-state index contributed by atoms with van der Waals surface area (Å²) in [6.07, 6.45) is 6.26. The van der Waals surface area contributed by atoms with E-state index in [1.54, 1.807) is 18.3 Å². The molecule has 20 heavy (non-hydrogen) atoms. The topological polar surface area (TPSA) is 57.0 Å². The fraction of sp³-hybridized carbons (Fsp3) is 0.533. The van der Waals surface area contributed by atoms with Crippen LogP contribution in [0.4, 0.5) is 0 Å². The van der Waals surface area contributed by atoms with E-state index in [0.717, 1.165) is 31.0 Å². The first kappa shape index (κ1) is 14.9. The molecule has 2 rings (SSSR count). The highest BCUT2D eigenvalue weighted by Crippen LogP contribution is 2.24. The molecule has 0 N–H and O–H groups in total. The number of amides is 1. The molecule has 5 heteroatoms. The minimum atomic E-state index is -0.158. The number of aromatic nitrogens is 1. The highest BCUT2D eigenvalue weighted by atomic mass is 32.2. The number of thioether (sulfide) groups is 1. The van der Waals surface area contributed by atoms with Gasteiger partial charge in [-0.15, -0.1) is 0 Å². The molecule has 1 aromatic heterocycles. The number of rotatable bonds is 3. The van der Waals surface area contributed by atoms with Gasteiger partial charge in [-0.05, 0) is 31.9 Å². The summed E-state index contributed by atoms with van der Waals surface area (Å²) in [6.45, 7) is 3.66. The first-order chi connectivity index (χ1) is 9.70. The van der Waals surface area contributed by atoms with Crippen molar-refractivity contribution in [3.05, 3.63) is 23.9 Å². The van der Waals surface area contributed by atoms with Gasteiger partial charge in [0, 0.05) is 19.3 Å². The van der Waals surface area contributed by atoms with Crippen LogP contribution in [0.2, 0.25) is 0 Å². The molecular formula is C15H19N3OS. The number of nitriles is 1. The van der Waals surface area contributed by atoms with Crippen LogP contribution in [0.5, 0.6) is 0 Å². The zero-order chi connectivity index (χ0) is 14.4. The van der Waals surface area contributed by atoms with Crippen LogP contribution in [0.1, 0.15) is 38.2 Å². The zero-order valence-electron chi connectivity index (χ0n) is 11.7. The molecule has 1 atom stereocenters. The normalized spacial score (nSPS) is 17.1. The third kappa shape index (κ3) is 3.97. The minimum absolute atomic E-state index is 0.158. The second kappa shape index (κ2) is 7.30. The average Bonchev–Trinajstić information content (AvgIpc) is 2.75. The van der Waals surface area contributed by atoms with Crippen molar-refractivity contribution in [1.82, 2.24) is 9.88 Å². The highest BCUT2D eigenvalue weighted by Gasteiger charge is 2.22. The summed E-state index contributed by atoms with van der Waals surface area (Å²) in [5.41, 5.74) is 0.580. The van der Waals surface area contributed by atoms with Crippen molar-refractivity contribution in [1.29, 1.82) is 5.26 Å². The van der Waals surface area contributed by atoms with Crippen LogP contribution in [-0.4, -0.2) is 34.1 Å². The van der Waals surface area contributed by atoms with Crippen molar-refractivity contribution >= 4 is 17.7 Å². The van der Waals surface area contributed by atoms with Crippen LogP contribution in [-0.2, 0) is 4.79 Å². The lowest BCUT2D eigenvalue weighted by atomic mass is 10.2. The molecule has 1 saturated heterocycles. The quantitative estimate of drug-likeness (QED) is 0.803. The van der Waals surface area contributed by atoms with E-state index in [4.69, 9.17) is 5.26 Å². The molecule has 0 aromatic carbocycles. The Morgan fingerprint density at radius 1 is 1.40 bits per heavy atom. The van der Waals surface area contributed by atoms with E-state index in [0.29, 0.717) is 5.56 Å². The number of hydrogen-bond donors (Lipinski definition) is 0. The Hall–Kier alpha value is -1.54. The average molecular weight is 289 g/mol. The van der Waals surface area contributed by atoms with Crippen molar-refractivity contribution in [3.63, 3.8) is 0 Å². The smallest absolute Gasteiger partial charge is 0.235 e. The first-order valence-corrected chi connectivity index (χ1v) is 7.90. The van der Waals surface area contributed by atoms with Crippen LogP contribution < -0.4 is 0 Å². The van der Waals surface area contributed by atoms with E-state index < -0.39 is 0 Å². The fourth-order valence-electron chi connectivity index (χ4n) is 2.32. The summed E-state index contributed by atoms with van der Waals surface area (Å²) in [7, 11) is 0. The Morgan fingerprint density at radius 2 is 2.10 bits per heavy atom. The molecule has 1 fully saturated rings. The zero-order valence-corrected chi connectivity index (χ0v) is 12.5. The van der Waals surface area contributed by atoms with Crippen LogP contribution in [0.25, 0.3) is 0 Å². The van der Waals surface area contributed by atoms with Gasteiger partial charge >= 0.3 is 0 Å². The first-order valence-electron chi connectivity index (χ1n) is 7.02. The number of likely N-dealkylation sites (tertiary alicyclic amines) is 1. The van der Waals surface area contributed by atoms with E-state index in [-0.39, 0.29) is 11.2 Å². The molecular weight excluding hydrogens is 270 g/mol. The minimum Gasteiger partial charge on any atom is -0.342 e. The van der Waals surface area contributed by atoms with Gasteiger partial charge in [-0.2, -0.15) is 5.26 Å². The van der Waals surface area contributed by atoms with Crippen LogP contribution in [0.15, 0.2) is 23.4 Å². The van der Waals surface area contributed by atoms with Crippen LogP contribution >= 0.6 is 11.8 Å². The number of pyridine rings is 1. The van der Waals surface area contributed by atoms with Gasteiger partial charge < -0.3 is 4.90 Å². The summed E-state index contributed by atoms with van der Waals surface area (Å²) in [5, 5.41) is 9.46. The van der Waals surface area contributed by atoms with Gasteiger partial charge in [-0.1, -0.05) is 24.6 Å². The fourth-order valence-corrected chi connectivity index (χ4v) is 3.25. The Morgan fingerprint density at radius 3 is 2.75 bits per heavy atom. The van der Waals surface area contributed by atoms with Gasteiger partial charge in [0.2, 0.25) is 5.91 Å². The lowest BCUT2D eigenvalue weighted by Crippen LogP contribution is -2.37. The van der Waals surface area contributed by atoms with E-state index in [2.05, 4.69) is 11.1 Å². The van der Waals surface area contributed by atoms with Crippen molar-refractivity contribution in [2.45, 2.75) is 42.9 Å². The standard InChI is InChI=1S/C15H19N3OS/c1-12(15(19)18-8-4-2-3-5-9-18)20-14-10-13(11-16)6-7-17-14/h6-7,10,12H,2-5,8-9H2,1H3/t12-/m1/s1. The third-order valence-corrected chi connectivity index (χ3v) is 4.45. The molecule has 0 aliphatic carbocycles. The molecule has 1 aliphatic heterocycles. The maximum atomic E-state index is 12.4. The van der Waals surface area contributed by atoms with E-state index in [1.807, 2.05) is 11.8 Å². The monoisotopic (exact) mass is 289 g/mol. The maximum absolute atomic E-state index is 12.4. The molecule has 1 aromatic rings. The number of carbonyl (C=O) groups is 1. The lowest BCUT2D eigenvalue weighted by Gasteiger charge is -2.23. The van der Waals surface area contributed by atoms with E-state index in [9.17, 15) is 4.79 Å². The number of hydrogen-bond acceptors (Lipinski definition) is 4. The molecule has 1 amide bonds. The molecule has 0 radical (unpaired) electrons. The molecule has 4 nitrogen and oxygen atoms in total.